The molecule has 0 atom stereocenters. The number of nitriles is 1. The lowest BCUT2D eigenvalue weighted by Crippen LogP contribution is -1.97. The van der Waals surface area contributed by atoms with Crippen LogP contribution in [0.1, 0.15) is 38.8 Å². The summed E-state index contributed by atoms with van der Waals surface area (Å²) in [5.74, 6) is 0.616. The maximum absolute atomic E-state index is 8.93. The summed E-state index contributed by atoms with van der Waals surface area (Å²) in [5.41, 5.74) is 1.61. The van der Waals surface area contributed by atoms with Crippen molar-refractivity contribution in [3.05, 3.63) is 64.1 Å². The van der Waals surface area contributed by atoms with E-state index in [4.69, 9.17) is 10.00 Å². The molecule has 0 spiro atoms. The van der Waals surface area contributed by atoms with Crippen molar-refractivity contribution in [3.8, 4) is 11.8 Å². The van der Waals surface area contributed by atoms with Gasteiger partial charge < -0.3 is 4.74 Å². The van der Waals surface area contributed by atoms with Crippen molar-refractivity contribution >= 4 is 27.5 Å². The Morgan fingerprint density at radius 1 is 0.957 bits per heavy atom. The summed E-state index contributed by atoms with van der Waals surface area (Å²) in [6.45, 7) is 8.44. The van der Waals surface area contributed by atoms with E-state index in [9.17, 15) is 0 Å². The van der Waals surface area contributed by atoms with Gasteiger partial charge in [0, 0.05) is 16.4 Å². The third-order valence-corrected chi connectivity index (χ3v) is 3.12. The molecule has 23 heavy (non-hydrogen) atoms. The van der Waals surface area contributed by atoms with Gasteiger partial charge in [0.25, 0.3) is 0 Å². The molecule has 2 nitrogen and oxygen atoms in total. The van der Waals surface area contributed by atoms with Gasteiger partial charge in [-0.05, 0) is 18.2 Å². The standard InChI is InChI=1S/C14H10BrNO.2C2H6.CH3Cl/c15-13-7-3-1-6-12(13)10-17-14-8-4-2-5-11(14)9-16;3*1-2/h1-8H,10H2;2*1-2H3;1H3. The molecule has 0 unspecified atom stereocenters. The van der Waals surface area contributed by atoms with Gasteiger partial charge >= 0.3 is 0 Å². The molecular weight excluding hydrogens is 374 g/mol. The molecule has 0 radical (unpaired) electrons. The number of benzene rings is 2. The first-order valence-corrected chi connectivity index (χ1v) is 9.09. The predicted octanol–water partition coefficient (Wildman–Crippen LogP) is 6.81. The summed E-state index contributed by atoms with van der Waals surface area (Å²) in [7, 11) is 0. The maximum atomic E-state index is 8.93. The summed E-state index contributed by atoms with van der Waals surface area (Å²) >= 11 is 8.10. The highest BCUT2D eigenvalue weighted by molar-refractivity contribution is 9.10. The minimum atomic E-state index is 0.445. The zero-order chi connectivity index (χ0) is 18.1. The Balaban J connectivity index is 0. The van der Waals surface area contributed by atoms with E-state index in [0.29, 0.717) is 17.9 Å². The molecule has 0 saturated carbocycles. The average Bonchev–Trinajstić information content (AvgIpc) is 2.66. The van der Waals surface area contributed by atoms with Crippen molar-refractivity contribution < 1.29 is 4.74 Å². The van der Waals surface area contributed by atoms with E-state index in [1.165, 1.54) is 6.38 Å². The number of ether oxygens (including phenoxy) is 1. The number of halogens is 2. The third-order valence-electron chi connectivity index (χ3n) is 2.35. The van der Waals surface area contributed by atoms with Crippen LogP contribution in [0.4, 0.5) is 0 Å². The van der Waals surface area contributed by atoms with Crippen LogP contribution in [0.3, 0.4) is 0 Å². The van der Waals surface area contributed by atoms with Crippen LogP contribution in [0.15, 0.2) is 53.0 Å². The molecule has 2 aromatic rings. The van der Waals surface area contributed by atoms with Gasteiger partial charge in [-0.1, -0.05) is 74.0 Å². The lowest BCUT2D eigenvalue weighted by Gasteiger charge is -2.08. The SMILES string of the molecule is CC.CC.CCl.N#Cc1ccccc1OCc1ccccc1Br. The predicted molar refractivity (Wildman–Crippen MR) is 104 cm³/mol. The quantitative estimate of drug-likeness (QED) is 0.532. The van der Waals surface area contributed by atoms with Crippen LogP contribution in [-0.2, 0) is 6.61 Å². The average molecular weight is 399 g/mol. The summed E-state index contributed by atoms with van der Waals surface area (Å²) in [5, 5.41) is 8.93. The Kier molecular flexibility index (Phi) is 17.4. The number of alkyl halides is 1. The number of hydrogen-bond donors (Lipinski definition) is 0. The molecule has 0 heterocycles. The molecule has 0 aliphatic heterocycles. The van der Waals surface area contributed by atoms with Crippen molar-refractivity contribution in [3.63, 3.8) is 0 Å². The van der Waals surface area contributed by atoms with Crippen LogP contribution in [0.25, 0.3) is 0 Å². The lowest BCUT2D eigenvalue weighted by molar-refractivity contribution is 0.304. The molecular formula is C19H25BrClNO. The molecule has 126 valence electrons. The van der Waals surface area contributed by atoms with Gasteiger partial charge in [0.15, 0.2) is 0 Å². The topological polar surface area (TPSA) is 33.0 Å². The van der Waals surface area contributed by atoms with Crippen molar-refractivity contribution in [2.24, 2.45) is 0 Å². The van der Waals surface area contributed by atoms with Gasteiger partial charge in [-0.25, -0.2) is 0 Å². The fourth-order valence-electron chi connectivity index (χ4n) is 1.46. The first-order valence-electron chi connectivity index (χ1n) is 7.54. The van der Waals surface area contributed by atoms with Crippen molar-refractivity contribution in [1.29, 1.82) is 5.26 Å². The number of nitrogens with zero attached hydrogens (tertiary/aromatic N) is 1. The number of rotatable bonds is 3. The monoisotopic (exact) mass is 397 g/mol. The van der Waals surface area contributed by atoms with Crippen LogP contribution >= 0.6 is 27.5 Å². The van der Waals surface area contributed by atoms with Crippen LogP contribution < -0.4 is 4.74 Å². The molecule has 0 amide bonds. The van der Waals surface area contributed by atoms with Crippen LogP contribution in [0.5, 0.6) is 5.75 Å². The Morgan fingerprint density at radius 3 is 2.04 bits per heavy atom. The van der Waals surface area contributed by atoms with Crippen LogP contribution in [-0.4, -0.2) is 6.38 Å². The Bertz CT molecular complexity index is 567. The van der Waals surface area contributed by atoms with E-state index in [1.807, 2.05) is 64.1 Å². The molecule has 0 aliphatic rings. The largest absolute Gasteiger partial charge is 0.487 e. The molecule has 0 aromatic heterocycles. The first-order chi connectivity index (χ1) is 11.3. The highest BCUT2D eigenvalue weighted by Crippen LogP contribution is 2.21. The van der Waals surface area contributed by atoms with E-state index in [-0.39, 0.29) is 0 Å². The Morgan fingerprint density at radius 2 is 1.48 bits per heavy atom. The third kappa shape index (κ3) is 9.28. The van der Waals surface area contributed by atoms with Crippen molar-refractivity contribution in [2.45, 2.75) is 34.3 Å². The van der Waals surface area contributed by atoms with Crippen molar-refractivity contribution in [1.82, 2.24) is 0 Å². The van der Waals surface area contributed by atoms with E-state index in [0.717, 1.165) is 10.0 Å². The van der Waals surface area contributed by atoms with E-state index in [2.05, 4.69) is 33.6 Å². The lowest BCUT2D eigenvalue weighted by atomic mass is 10.2. The minimum Gasteiger partial charge on any atom is -0.487 e. The van der Waals surface area contributed by atoms with Gasteiger partial charge in [-0.3, -0.25) is 0 Å². The summed E-state index contributed by atoms with van der Waals surface area (Å²) in [6, 6.07) is 17.2. The van der Waals surface area contributed by atoms with Gasteiger partial charge in [-0.2, -0.15) is 5.26 Å². The zero-order valence-corrected chi connectivity index (χ0v) is 16.8. The smallest absolute Gasteiger partial charge is 0.137 e. The second kappa shape index (κ2) is 16.9. The maximum Gasteiger partial charge on any atom is 0.137 e. The fraction of sp³-hybridized carbons (Fsp3) is 0.316. The number of para-hydroxylation sites is 1. The van der Waals surface area contributed by atoms with E-state index in [1.54, 1.807) is 12.1 Å². The molecule has 0 fully saturated rings. The second-order valence-electron chi connectivity index (χ2n) is 3.49. The summed E-state index contributed by atoms with van der Waals surface area (Å²) < 4.78 is 6.65. The number of hydrogen-bond acceptors (Lipinski definition) is 2. The minimum absolute atomic E-state index is 0.445. The van der Waals surface area contributed by atoms with E-state index >= 15 is 0 Å². The van der Waals surface area contributed by atoms with Crippen LogP contribution in [0, 0.1) is 11.3 Å². The zero-order valence-electron chi connectivity index (χ0n) is 14.4. The second-order valence-corrected chi connectivity index (χ2v) is 4.34. The Labute approximate surface area is 154 Å². The first kappa shape index (κ1) is 23.8. The highest BCUT2D eigenvalue weighted by Gasteiger charge is 2.03. The van der Waals surface area contributed by atoms with Gasteiger partial charge in [0.2, 0.25) is 0 Å². The fourth-order valence-corrected chi connectivity index (χ4v) is 1.86. The molecule has 0 saturated heterocycles. The van der Waals surface area contributed by atoms with Gasteiger partial charge in [0.1, 0.15) is 18.4 Å². The van der Waals surface area contributed by atoms with Crippen LogP contribution in [0.2, 0.25) is 0 Å². The molecule has 4 heteroatoms. The van der Waals surface area contributed by atoms with Gasteiger partial charge in [0.05, 0.1) is 5.56 Å². The normalized spacial score (nSPS) is 7.91. The highest BCUT2D eigenvalue weighted by atomic mass is 79.9. The molecule has 0 bridgehead atoms. The summed E-state index contributed by atoms with van der Waals surface area (Å²) in [4.78, 5) is 0. The van der Waals surface area contributed by atoms with Crippen molar-refractivity contribution in [2.75, 3.05) is 6.38 Å². The molecule has 0 N–H and O–H groups in total. The molecule has 0 aliphatic carbocycles. The summed E-state index contributed by atoms with van der Waals surface area (Å²) in [6.07, 6.45) is 1.47. The Hall–Kier alpha value is -1.50. The molecule has 2 aromatic carbocycles. The molecule has 2 rings (SSSR count). The van der Waals surface area contributed by atoms with E-state index < -0.39 is 0 Å². The van der Waals surface area contributed by atoms with Gasteiger partial charge in [-0.15, -0.1) is 11.6 Å².